The fourth-order valence-electron chi connectivity index (χ4n) is 2.42. The van der Waals surface area contributed by atoms with Crippen molar-refractivity contribution in [3.05, 3.63) is 34.9 Å². The van der Waals surface area contributed by atoms with Gasteiger partial charge in [0.25, 0.3) is 0 Å². The average Bonchev–Trinajstić information content (AvgIpc) is 2.38. The zero-order valence-electron chi connectivity index (χ0n) is 15.1. The highest BCUT2D eigenvalue weighted by molar-refractivity contribution is 7.80. The van der Waals surface area contributed by atoms with Gasteiger partial charge in [0.1, 0.15) is 0 Å². The minimum atomic E-state index is 0.312. The number of rotatable bonds is 10. The Balaban J connectivity index is 4.31. The second kappa shape index (κ2) is 11.2. The molecular formula is C20H36S. The highest BCUT2D eigenvalue weighted by atomic mass is 32.1. The minimum Gasteiger partial charge on any atom is -0.179 e. The largest absolute Gasteiger partial charge is 0.179 e. The molecule has 0 amide bonds. The zero-order chi connectivity index (χ0) is 16.3. The Hall–Kier alpha value is -0.430. The maximum atomic E-state index is 4.48. The van der Waals surface area contributed by atoms with Crippen LogP contribution in [0.2, 0.25) is 0 Å². The van der Waals surface area contributed by atoms with E-state index in [0.29, 0.717) is 5.41 Å². The molecule has 0 N–H and O–H groups in total. The standard InChI is InChI=1S/C20H36S/c1-7-10-19(15-20(5,6)16-21)14-9-13-18(4)12-8-11-17(2)3/h10-11,13,21H,7-9,12,14-16H2,1-6H3/b18-13+,19-10+. The summed E-state index contributed by atoms with van der Waals surface area (Å²) in [6.07, 6.45) is 14.2. The van der Waals surface area contributed by atoms with Crippen LogP contribution in [0.4, 0.5) is 0 Å². The van der Waals surface area contributed by atoms with E-state index in [9.17, 15) is 0 Å². The van der Waals surface area contributed by atoms with Crippen molar-refractivity contribution in [3.63, 3.8) is 0 Å². The first kappa shape index (κ1) is 20.6. The molecule has 1 heteroatoms. The molecule has 0 aromatic carbocycles. The van der Waals surface area contributed by atoms with E-state index >= 15 is 0 Å². The molecule has 0 bridgehead atoms. The van der Waals surface area contributed by atoms with Gasteiger partial charge in [-0.1, -0.05) is 55.7 Å². The van der Waals surface area contributed by atoms with E-state index in [1.54, 1.807) is 5.57 Å². The van der Waals surface area contributed by atoms with Gasteiger partial charge in [-0.25, -0.2) is 0 Å². The van der Waals surface area contributed by atoms with E-state index < -0.39 is 0 Å². The summed E-state index contributed by atoms with van der Waals surface area (Å²) in [6, 6.07) is 0. The van der Waals surface area contributed by atoms with E-state index in [1.807, 2.05) is 0 Å². The monoisotopic (exact) mass is 308 g/mol. The Morgan fingerprint density at radius 1 is 0.952 bits per heavy atom. The number of thiol groups is 1. The van der Waals surface area contributed by atoms with Crippen LogP contribution in [0.15, 0.2) is 34.9 Å². The van der Waals surface area contributed by atoms with Crippen LogP contribution >= 0.6 is 12.6 Å². The minimum absolute atomic E-state index is 0.312. The van der Waals surface area contributed by atoms with Crippen molar-refractivity contribution in [3.8, 4) is 0 Å². The lowest BCUT2D eigenvalue weighted by Crippen LogP contribution is -2.14. The van der Waals surface area contributed by atoms with Gasteiger partial charge in [-0.2, -0.15) is 12.6 Å². The summed E-state index contributed by atoms with van der Waals surface area (Å²) in [7, 11) is 0. The molecule has 0 aromatic rings. The first-order chi connectivity index (χ1) is 9.80. The summed E-state index contributed by atoms with van der Waals surface area (Å²) in [6.45, 7) is 13.5. The lowest BCUT2D eigenvalue weighted by molar-refractivity contribution is 0.415. The highest BCUT2D eigenvalue weighted by Gasteiger charge is 2.17. The Morgan fingerprint density at radius 3 is 2.10 bits per heavy atom. The van der Waals surface area contributed by atoms with Gasteiger partial charge in [0.05, 0.1) is 0 Å². The molecule has 0 atom stereocenters. The van der Waals surface area contributed by atoms with Gasteiger partial charge in [-0.05, 0) is 70.5 Å². The van der Waals surface area contributed by atoms with Crippen LogP contribution in [-0.2, 0) is 0 Å². The normalized spacial score (nSPS) is 13.5. The maximum absolute atomic E-state index is 4.48. The molecule has 21 heavy (non-hydrogen) atoms. The van der Waals surface area contributed by atoms with Crippen LogP contribution in [0.25, 0.3) is 0 Å². The third kappa shape index (κ3) is 11.9. The van der Waals surface area contributed by atoms with E-state index in [1.165, 1.54) is 43.3 Å². The van der Waals surface area contributed by atoms with Crippen molar-refractivity contribution in [2.75, 3.05) is 5.75 Å². The maximum Gasteiger partial charge on any atom is -0.00434 e. The van der Waals surface area contributed by atoms with Crippen LogP contribution in [0.5, 0.6) is 0 Å². The summed E-state index contributed by atoms with van der Waals surface area (Å²) in [4.78, 5) is 0. The quantitative estimate of drug-likeness (QED) is 0.322. The second-order valence-electron chi connectivity index (χ2n) is 7.18. The number of hydrogen-bond donors (Lipinski definition) is 1. The van der Waals surface area contributed by atoms with Gasteiger partial charge < -0.3 is 0 Å². The molecule has 0 rings (SSSR count). The third-order valence-electron chi connectivity index (χ3n) is 3.68. The molecule has 0 aromatic heterocycles. The summed E-state index contributed by atoms with van der Waals surface area (Å²) < 4.78 is 0. The highest BCUT2D eigenvalue weighted by Crippen LogP contribution is 2.29. The van der Waals surface area contributed by atoms with Crippen molar-refractivity contribution in [2.24, 2.45) is 5.41 Å². The van der Waals surface area contributed by atoms with Gasteiger partial charge in [0.15, 0.2) is 0 Å². The van der Waals surface area contributed by atoms with Crippen molar-refractivity contribution in [1.29, 1.82) is 0 Å². The van der Waals surface area contributed by atoms with Crippen molar-refractivity contribution >= 4 is 12.6 Å². The third-order valence-corrected chi connectivity index (χ3v) is 4.53. The number of allylic oxidation sites excluding steroid dienone is 6. The van der Waals surface area contributed by atoms with Crippen LogP contribution < -0.4 is 0 Å². The topological polar surface area (TPSA) is 0 Å². The van der Waals surface area contributed by atoms with Crippen LogP contribution in [-0.4, -0.2) is 5.75 Å². The van der Waals surface area contributed by atoms with Crippen molar-refractivity contribution < 1.29 is 0 Å². The predicted molar refractivity (Wildman–Crippen MR) is 102 cm³/mol. The van der Waals surface area contributed by atoms with Gasteiger partial charge >= 0.3 is 0 Å². The lowest BCUT2D eigenvalue weighted by Gasteiger charge is -2.23. The molecule has 0 spiro atoms. The molecule has 122 valence electrons. The molecule has 0 unspecified atom stereocenters. The fourth-order valence-corrected chi connectivity index (χ4v) is 2.53. The lowest BCUT2D eigenvalue weighted by atomic mass is 9.85. The molecule has 0 saturated carbocycles. The number of hydrogen-bond acceptors (Lipinski definition) is 1. The molecule has 0 fully saturated rings. The zero-order valence-corrected chi connectivity index (χ0v) is 16.0. The second-order valence-corrected chi connectivity index (χ2v) is 7.50. The molecule has 0 radical (unpaired) electrons. The summed E-state index contributed by atoms with van der Waals surface area (Å²) in [5.74, 6) is 0.950. The van der Waals surface area contributed by atoms with Crippen LogP contribution in [0.1, 0.15) is 80.1 Å². The van der Waals surface area contributed by atoms with E-state index in [4.69, 9.17) is 0 Å². The SMILES string of the molecule is CC/C=C(\CC/C=C(\C)CCC=C(C)C)CC(C)(C)CS. The summed E-state index contributed by atoms with van der Waals surface area (Å²) in [5, 5.41) is 0. The Kier molecular flexibility index (Phi) is 11.0. The van der Waals surface area contributed by atoms with Gasteiger partial charge in [0.2, 0.25) is 0 Å². The first-order valence-electron chi connectivity index (χ1n) is 8.38. The molecule has 0 heterocycles. The Labute approximate surface area is 139 Å². The first-order valence-corrected chi connectivity index (χ1v) is 9.01. The summed E-state index contributed by atoms with van der Waals surface area (Å²) in [5.41, 5.74) is 4.86. The van der Waals surface area contributed by atoms with Gasteiger partial charge in [-0.15, -0.1) is 0 Å². The molecule has 0 nitrogen and oxygen atoms in total. The summed E-state index contributed by atoms with van der Waals surface area (Å²) >= 11 is 4.48. The smallest absolute Gasteiger partial charge is 0.00434 e. The Morgan fingerprint density at radius 2 is 1.57 bits per heavy atom. The predicted octanol–water partition coefficient (Wildman–Crippen LogP) is 7.14. The van der Waals surface area contributed by atoms with E-state index in [0.717, 1.165) is 12.2 Å². The van der Waals surface area contributed by atoms with Crippen LogP contribution in [0, 0.1) is 5.41 Å². The van der Waals surface area contributed by atoms with Crippen molar-refractivity contribution in [2.45, 2.75) is 80.1 Å². The average molecular weight is 309 g/mol. The van der Waals surface area contributed by atoms with Crippen molar-refractivity contribution in [1.82, 2.24) is 0 Å². The Bertz CT molecular complexity index is 365. The van der Waals surface area contributed by atoms with Gasteiger partial charge in [0, 0.05) is 0 Å². The molecule has 0 saturated heterocycles. The van der Waals surface area contributed by atoms with Gasteiger partial charge in [-0.3, -0.25) is 0 Å². The molecule has 0 aliphatic carbocycles. The van der Waals surface area contributed by atoms with E-state index in [2.05, 4.69) is 72.4 Å². The van der Waals surface area contributed by atoms with E-state index in [-0.39, 0.29) is 0 Å². The van der Waals surface area contributed by atoms with Crippen LogP contribution in [0.3, 0.4) is 0 Å². The molecular weight excluding hydrogens is 272 g/mol. The molecule has 0 aliphatic heterocycles. The fraction of sp³-hybridized carbons (Fsp3) is 0.700. The molecule has 0 aliphatic rings.